The Balaban J connectivity index is 1.72. The van der Waals surface area contributed by atoms with Crippen LogP contribution in [-0.4, -0.2) is 41.0 Å². The third kappa shape index (κ3) is 3.54. The average molecular weight is 365 g/mol. The second kappa shape index (κ2) is 7.23. The molecule has 0 atom stereocenters. The molecule has 24 heavy (non-hydrogen) atoms. The van der Waals surface area contributed by atoms with Crippen LogP contribution in [0.2, 0.25) is 0 Å². The molecule has 0 aromatic heterocycles. The lowest BCUT2D eigenvalue weighted by molar-refractivity contribution is -0.146. The number of hydrogen-bond donors (Lipinski definition) is 0. The maximum absolute atomic E-state index is 12.4. The number of thioether (sulfide) groups is 1. The highest BCUT2D eigenvalue weighted by Gasteiger charge is 2.33. The van der Waals surface area contributed by atoms with Crippen LogP contribution in [0, 0.1) is 0 Å². The van der Waals surface area contributed by atoms with Crippen LogP contribution in [0.4, 0.5) is 0 Å². The lowest BCUT2D eigenvalue weighted by atomic mass is 10.2. The van der Waals surface area contributed by atoms with Crippen LogP contribution in [0.15, 0.2) is 23.1 Å². The molecule has 2 heterocycles. The van der Waals surface area contributed by atoms with Crippen molar-refractivity contribution in [1.82, 2.24) is 4.90 Å². The first kappa shape index (κ1) is 16.8. The van der Waals surface area contributed by atoms with Crippen LogP contribution >= 0.6 is 24.0 Å². The molecule has 0 N–H and O–H groups in total. The monoisotopic (exact) mass is 365 g/mol. The molecule has 0 saturated carbocycles. The van der Waals surface area contributed by atoms with E-state index in [2.05, 4.69) is 0 Å². The first-order chi connectivity index (χ1) is 11.6. The van der Waals surface area contributed by atoms with E-state index in [1.54, 1.807) is 18.2 Å². The standard InChI is InChI=1S/C16H15NO5S2/c1-2-5-20-14(18)8-17-15(19)13(24-16(17)23)7-10-3-4-11-12(6-10)22-9-21-11/h3-4,6-7H,2,5,8-9H2,1H3/b13-7-. The van der Waals surface area contributed by atoms with E-state index >= 15 is 0 Å². The number of hydrogen-bond acceptors (Lipinski definition) is 7. The van der Waals surface area contributed by atoms with Crippen LogP contribution in [0.5, 0.6) is 11.5 Å². The predicted octanol–water partition coefficient (Wildman–Crippen LogP) is 2.57. The minimum Gasteiger partial charge on any atom is -0.464 e. The number of ether oxygens (including phenoxy) is 3. The summed E-state index contributed by atoms with van der Waals surface area (Å²) in [5, 5.41) is 0. The topological polar surface area (TPSA) is 65.1 Å². The molecule has 0 bridgehead atoms. The van der Waals surface area contributed by atoms with Gasteiger partial charge in [-0.25, -0.2) is 0 Å². The third-order valence-electron chi connectivity index (χ3n) is 3.32. The molecule has 1 amide bonds. The Morgan fingerprint density at radius 1 is 1.42 bits per heavy atom. The van der Waals surface area contributed by atoms with E-state index in [1.165, 1.54) is 4.90 Å². The number of thiocarbonyl (C=S) groups is 1. The molecule has 1 saturated heterocycles. The SMILES string of the molecule is CCCOC(=O)CN1C(=O)/C(=C/c2ccc3c(c2)OCO3)SC1=S. The molecular weight excluding hydrogens is 350 g/mol. The smallest absolute Gasteiger partial charge is 0.326 e. The second-order valence-corrected chi connectivity index (χ2v) is 6.78. The molecule has 8 heteroatoms. The molecule has 0 radical (unpaired) electrons. The lowest BCUT2D eigenvalue weighted by Crippen LogP contribution is -2.34. The van der Waals surface area contributed by atoms with Crippen molar-refractivity contribution in [3.63, 3.8) is 0 Å². The molecule has 126 valence electrons. The number of esters is 1. The van der Waals surface area contributed by atoms with Gasteiger partial charge in [0.05, 0.1) is 11.5 Å². The van der Waals surface area contributed by atoms with Crippen molar-refractivity contribution >= 4 is 46.3 Å². The molecule has 1 aromatic rings. The molecule has 6 nitrogen and oxygen atoms in total. The summed E-state index contributed by atoms with van der Waals surface area (Å²) in [4.78, 5) is 25.9. The van der Waals surface area contributed by atoms with E-state index in [-0.39, 0.29) is 19.2 Å². The third-order valence-corrected chi connectivity index (χ3v) is 4.70. The van der Waals surface area contributed by atoms with Crippen LogP contribution < -0.4 is 9.47 Å². The van der Waals surface area contributed by atoms with Gasteiger partial charge < -0.3 is 14.2 Å². The average Bonchev–Trinajstić information content (AvgIpc) is 3.13. The van der Waals surface area contributed by atoms with E-state index in [9.17, 15) is 9.59 Å². The summed E-state index contributed by atoms with van der Waals surface area (Å²) in [6.45, 7) is 2.27. The number of amides is 1. The highest BCUT2D eigenvalue weighted by molar-refractivity contribution is 8.26. The molecule has 2 aliphatic rings. The Hall–Kier alpha value is -2.06. The second-order valence-electron chi connectivity index (χ2n) is 5.10. The summed E-state index contributed by atoms with van der Waals surface area (Å²) in [7, 11) is 0. The lowest BCUT2D eigenvalue weighted by Gasteiger charge is -2.13. The fourth-order valence-corrected chi connectivity index (χ4v) is 3.44. The van der Waals surface area contributed by atoms with Gasteiger partial charge >= 0.3 is 5.97 Å². The number of carbonyl (C=O) groups is 2. The Morgan fingerprint density at radius 3 is 3.00 bits per heavy atom. The Bertz CT molecular complexity index is 731. The maximum atomic E-state index is 12.4. The quantitative estimate of drug-likeness (QED) is 0.451. The van der Waals surface area contributed by atoms with Gasteiger partial charge in [-0.1, -0.05) is 37.0 Å². The van der Waals surface area contributed by atoms with Crippen molar-refractivity contribution in [2.24, 2.45) is 0 Å². The zero-order valence-electron chi connectivity index (χ0n) is 12.9. The van der Waals surface area contributed by atoms with Crippen molar-refractivity contribution in [3.8, 4) is 11.5 Å². The molecule has 1 fully saturated rings. The molecule has 3 rings (SSSR count). The zero-order chi connectivity index (χ0) is 17.1. The maximum Gasteiger partial charge on any atom is 0.326 e. The van der Waals surface area contributed by atoms with E-state index in [0.717, 1.165) is 23.7 Å². The fraction of sp³-hybridized carbons (Fsp3) is 0.312. The van der Waals surface area contributed by atoms with Gasteiger partial charge in [-0.05, 0) is 30.2 Å². The number of benzene rings is 1. The molecular formula is C16H15NO5S2. The van der Waals surface area contributed by atoms with E-state index in [0.29, 0.717) is 27.3 Å². The molecule has 2 aliphatic heterocycles. The van der Waals surface area contributed by atoms with Crippen LogP contribution in [0.3, 0.4) is 0 Å². The van der Waals surface area contributed by atoms with Gasteiger partial charge in [-0.15, -0.1) is 0 Å². The fourth-order valence-electron chi connectivity index (χ4n) is 2.18. The highest BCUT2D eigenvalue weighted by atomic mass is 32.2. The summed E-state index contributed by atoms with van der Waals surface area (Å²) in [6, 6.07) is 5.41. The largest absolute Gasteiger partial charge is 0.464 e. The van der Waals surface area contributed by atoms with Gasteiger partial charge in [0.25, 0.3) is 5.91 Å². The van der Waals surface area contributed by atoms with Crippen molar-refractivity contribution < 1.29 is 23.8 Å². The summed E-state index contributed by atoms with van der Waals surface area (Å²) < 4.78 is 15.9. The number of nitrogens with zero attached hydrogens (tertiary/aromatic N) is 1. The number of carbonyl (C=O) groups excluding carboxylic acids is 2. The Kier molecular flexibility index (Phi) is 5.06. The first-order valence-electron chi connectivity index (χ1n) is 7.39. The predicted molar refractivity (Wildman–Crippen MR) is 93.7 cm³/mol. The Morgan fingerprint density at radius 2 is 2.21 bits per heavy atom. The number of rotatable bonds is 5. The summed E-state index contributed by atoms with van der Waals surface area (Å²) >= 11 is 6.36. The van der Waals surface area contributed by atoms with Crippen molar-refractivity contribution in [2.45, 2.75) is 13.3 Å². The van der Waals surface area contributed by atoms with Gasteiger partial charge in [-0.2, -0.15) is 0 Å². The Labute approximate surface area is 148 Å². The molecule has 0 spiro atoms. The minimum absolute atomic E-state index is 0.164. The normalized spacial score (nSPS) is 17.7. The van der Waals surface area contributed by atoms with Gasteiger partial charge in [0, 0.05) is 0 Å². The minimum atomic E-state index is -0.461. The molecule has 0 unspecified atom stereocenters. The van der Waals surface area contributed by atoms with Crippen LogP contribution in [0.25, 0.3) is 6.08 Å². The summed E-state index contributed by atoms with van der Waals surface area (Å²) in [5.74, 6) is 0.564. The van der Waals surface area contributed by atoms with Gasteiger partial charge in [0.15, 0.2) is 11.5 Å². The van der Waals surface area contributed by atoms with Crippen molar-refractivity contribution in [2.75, 3.05) is 19.9 Å². The zero-order valence-corrected chi connectivity index (χ0v) is 14.6. The van der Waals surface area contributed by atoms with Crippen LogP contribution in [-0.2, 0) is 14.3 Å². The van der Waals surface area contributed by atoms with E-state index in [1.807, 2.05) is 13.0 Å². The highest BCUT2D eigenvalue weighted by Crippen LogP contribution is 2.36. The van der Waals surface area contributed by atoms with Crippen molar-refractivity contribution in [3.05, 3.63) is 28.7 Å². The summed E-state index contributed by atoms with van der Waals surface area (Å²) in [6.07, 6.45) is 2.45. The van der Waals surface area contributed by atoms with E-state index in [4.69, 9.17) is 26.4 Å². The van der Waals surface area contributed by atoms with E-state index < -0.39 is 5.97 Å². The first-order valence-corrected chi connectivity index (χ1v) is 8.61. The number of fused-ring (bicyclic) bond motifs is 1. The van der Waals surface area contributed by atoms with Gasteiger partial charge in [0.1, 0.15) is 10.9 Å². The van der Waals surface area contributed by atoms with Gasteiger partial charge in [0.2, 0.25) is 6.79 Å². The summed E-state index contributed by atoms with van der Waals surface area (Å²) in [5.41, 5.74) is 0.799. The van der Waals surface area contributed by atoms with Gasteiger partial charge in [-0.3, -0.25) is 14.5 Å². The molecule has 1 aromatic carbocycles. The van der Waals surface area contributed by atoms with Crippen LogP contribution in [0.1, 0.15) is 18.9 Å². The van der Waals surface area contributed by atoms with Crippen molar-refractivity contribution in [1.29, 1.82) is 0 Å². The molecule has 0 aliphatic carbocycles.